The number of rotatable bonds is 6. The molecule has 1 N–H and O–H groups in total. The van der Waals surface area contributed by atoms with Gasteiger partial charge in [0, 0.05) is 37.9 Å². The molecule has 0 radical (unpaired) electrons. The normalized spacial score (nSPS) is 15.1. The van der Waals surface area contributed by atoms with E-state index in [-0.39, 0.29) is 24.5 Å². The van der Waals surface area contributed by atoms with E-state index in [1.54, 1.807) is 30.0 Å². The molecule has 2 rings (SSSR count). The minimum Gasteiger partial charge on any atom is -0.463 e. The molecule has 8 nitrogen and oxygen atoms in total. The molecule has 30 heavy (non-hydrogen) atoms. The summed E-state index contributed by atoms with van der Waals surface area (Å²) in [5.41, 5.74) is 0.998. The van der Waals surface area contributed by atoms with Gasteiger partial charge < -0.3 is 19.7 Å². The van der Waals surface area contributed by atoms with Crippen molar-refractivity contribution in [3.05, 3.63) is 35.9 Å². The first-order valence-corrected chi connectivity index (χ1v) is 10.1. The van der Waals surface area contributed by atoms with E-state index < -0.39 is 5.60 Å². The highest BCUT2D eigenvalue weighted by atomic mass is 16.6. The third-order valence-electron chi connectivity index (χ3n) is 4.28. The van der Waals surface area contributed by atoms with Gasteiger partial charge >= 0.3 is 12.1 Å². The Bertz CT molecular complexity index is 760. The van der Waals surface area contributed by atoms with Gasteiger partial charge in [0.25, 0.3) is 0 Å². The molecule has 0 aromatic heterocycles. The van der Waals surface area contributed by atoms with Crippen molar-refractivity contribution in [2.24, 2.45) is 0 Å². The van der Waals surface area contributed by atoms with Crippen molar-refractivity contribution < 1.29 is 23.9 Å². The summed E-state index contributed by atoms with van der Waals surface area (Å²) in [6, 6.07) is 7.18. The lowest BCUT2D eigenvalue weighted by Crippen LogP contribution is -2.51. The van der Waals surface area contributed by atoms with Crippen molar-refractivity contribution in [3.63, 3.8) is 0 Å². The number of nitrogens with zero attached hydrogens (tertiary/aromatic N) is 2. The molecular weight excluding hydrogens is 386 g/mol. The van der Waals surface area contributed by atoms with E-state index in [0.717, 1.165) is 5.56 Å². The average Bonchev–Trinajstić information content (AvgIpc) is 2.67. The van der Waals surface area contributed by atoms with E-state index in [1.807, 2.05) is 37.8 Å². The van der Waals surface area contributed by atoms with Crippen LogP contribution in [-0.2, 0) is 19.1 Å². The summed E-state index contributed by atoms with van der Waals surface area (Å²) < 4.78 is 10.2. The Labute approximate surface area is 177 Å². The zero-order valence-electron chi connectivity index (χ0n) is 18.1. The Morgan fingerprint density at radius 2 is 1.70 bits per heavy atom. The van der Waals surface area contributed by atoms with E-state index >= 15 is 0 Å². The molecule has 8 heteroatoms. The third kappa shape index (κ3) is 8.24. The minimum atomic E-state index is -0.516. The molecule has 0 aliphatic carbocycles. The van der Waals surface area contributed by atoms with Gasteiger partial charge in [-0.05, 0) is 51.5 Å². The van der Waals surface area contributed by atoms with Gasteiger partial charge in [0.05, 0.1) is 13.2 Å². The third-order valence-corrected chi connectivity index (χ3v) is 4.28. The Morgan fingerprint density at radius 3 is 2.27 bits per heavy atom. The lowest BCUT2D eigenvalue weighted by molar-refractivity contribution is -0.137. The molecule has 164 valence electrons. The largest absolute Gasteiger partial charge is 0.463 e. The van der Waals surface area contributed by atoms with Gasteiger partial charge in [0.2, 0.25) is 5.91 Å². The Morgan fingerprint density at radius 1 is 1.07 bits per heavy atom. The highest BCUT2D eigenvalue weighted by Crippen LogP contribution is 2.13. The first-order chi connectivity index (χ1) is 14.2. The summed E-state index contributed by atoms with van der Waals surface area (Å²) >= 11 is 0. The number of amides is 2. The zero-order chi connectivity index (χ0) is 22.1. The van der Waals surface area contributed by atoms with Crippen LogP contribution >= 0.6 is 0 Å². The van der Waals surface area contributed by atoms with Gasteiger partial charge in [-0.2, -0.15) is 0 Å². The van der Waals surface area contributed by atoms with Crippen LogP contribution < -0.4 is 5.32 Å². The smallest absolute Gasteiger partial charge is 0.410 e. The first kappa shape index (κ1) is 23.4. The van der Waals surface area contributed by atoms with Crippen LogP contribution in [0, 0.1) is 0 Å². The zero-order valence-corrected chi connectivity index (χ0v) is 18.1. The molecule has 0 atom stereocenters. The predicted molar refractivity (Wildman–Crippen MR) is 115 cm³/mol. The van der Waals surface area contributed by atoms with Crippen LogP contribution in [0.3, 0.4) is 0 Å². The number of hydrogen-bond acceptors (Lipinski definition) is 6. The highest BCUT2D eigenvalue weighted by molar-refractivity contribution is 5.92. The fraction of sp³-hybridized carbons (Fsp3) is 0.500. The van der Waals surface area contributed by atoms with Crippen molar-refractivity contribution in [2.45, 2.75) is 33.3 Å². The number of nitrogens with one attached hydrogen (secondary N) is 1. The number of anilines is 1. The molecule has 1 heterocycles. The van der Waals surface area contributed by atoms with Crippen LogP contribution in [0.4, 0.5) is 10.5 Å². The summed E-state index contributed by atoms with van der Waals surface area (Å²) in [4.78, 5) is 39.4. The molecule has 0 spiro atoms. The summed E-state index contributed by atoms with van der Waals surface area (Å²) in [5, 5.41) is 2.87. The van der Waals surface area contributed by atoms with Crippen LogP contribution in [0.5, 0.6) is 0 Å². The summed E-state index contributed by atoms with van der Waals surface area (Å²) in [6.45, 7) is 10.2. The number of esters is 1. The summed E-state index contributed by atoms with van der Waals surface area (Å²) in [6.07, 6.45) is 2.71. The number of ether oxygens (including phenoxy) is 2. The quantitative estimate of drug-likeness (QED) is 0.566. The molecule has 1 aromatic rings. The van der Waals surface area contributed by atoms with E-state index in [4.69, 9.17) is 9.47 Å². The molecule has 1 saturated heterocycles. The van der Waals surface area contributed by atoms with Crippen LogP contribution in [0.1, 0.15) is 33.3 Å². The molecule has 1 fully saturated rings. The van der Waals surface area contributed by atoms with Crippen LogP contribution in [0.2, 0.25) is 0 Å². The minimum absolute atomic E-state index is 0.115. The second-order valence-corrected chi connectivity index (χ2v) is 8.00. The van der Waals surface area contributed by atoms with Gasteiger partial charge in [0.1, 0.15) is 5.60 Å². The monoisotopic (exact) mass is 417 g/mol. The number of benzene rings is 1. The summed E-state index contributed by atoms with van der Waals surface area (Å²) in [5.74, 6) is -0.503. The molecule has 0 bridgehead atoms. The second kappa shape index (κ2) is 10.8. The predicted octanol–water partition coefficient (Wildman–Crippen LogP) is 2.75. The first-order valence-electron chi connectivity index (χ1n) is 10.1. The van der Waals surface area contributed by atoms with Crippen molar-refractivity contribution in [1.82, 2.24) is 9.80 Å². The molecule has 2 amide bonds. The highest BCUT2D eigenvalue weighted by Gasteiger charge is 2.26. The molecule has 1 aromatic carbocycles. The topological polar surface area (TPSA) is 88.2 Å². The van der Waals surface area contributed by atoms with Gasteiger partial charge in [-0.3, -0.25) is 9.69 Å². The van der Waals surface area contributed by atoms with Crippen LogP contribution in [0.15, 0.2) is 30.3 Å². The maximum absolute atomic E-state index is 12.3. The molecule has 1 aliphatic heterocycles. The Hall–Kier alpha value is -2.87. The van der Waals surface area contributed by atoms with Gasteiger partial charge in [-0.15, -0.1) is 0 Å². The maximum Gasteiger partial charge on any atom is 0.410 e. The van der Waals surface area contributed by atoms with Crippen LogP contribution in [-0.4, -0.2) is 72.7 Å². The SMILES string of the molecule is CCOC(=O)/C=C/c1ccc(NC(=O)CN2CCN(C(=O)OC(C)(C)C)CC2)cc1. The van der Waals surface area contributed by atoms with Gasteiger partial charge in [-0.1, -0.05) is 12.1 Å². The average molecular weight is 418 g/mol. The molecular formula is C22H31N3O5. The lowest BCUT2D eigenvalue weighted by atomic mass is 10.2. The lowest BCUT2D eigenvalue weighted by Gasteiger charge is -2.35. The van der Waals surface area contributed by atoms with Crippen molar-refractivity contribution in [1.29, 1.82) is 0 Å². The summed E-state index contributed by atoms with van der Waals surface area (Å²) in [7, 11) is 0. The van der Waals surface area contributed by atoms with Crippen molar-refractivity contribution >= 4 is 29.7 Å². The van der Waals surface area contributed by atoms with E-state index in [1.165, 1.54) is 6.08 Å². The van der Waals surface area contributed by atoms with E-state index in [9.17, 15) is 14.4 Å². The van der Waals surface area contributed by atoms with Gasteiger partial charge in [0.15, 0.2) is 0 Å². The van der Waals surface area contributed by atoms with Crippen molar-refractivity contribution in [2.75, 3.05) is 44.6 Å². The number of carbonyl (C=O) groups excluding carboxylic acids is 3. The molecule has 1 aliphatic rings. The molecule has 0 saturated carbocycles. The second-order valence-electron chi connectivity index (χ2n) is 8.00. The maximum atomic E-state index is 12.3. The van der Waals surface area contributed by atoms with Gasteiger partial charge in [-0.25, -0.2) is 9.59 Å². The van der Waals surface area contributed by atoms with E-state index in [2.05, 4.69) is 5.32 Å². The number of carbonyl (C=O) groups is 3. The number of piperazine rings is 1. The Kier molecular flexibility index (Phi) is 8.41. The Balaban J connectivity index is 1.76. The number of hydrogen-bond donors (Lipinski definition) is 1. The fourth-order valence-corrected chi connectivity index (χ4v) is 2.85. The van der Waals surface area contributed by atoms with E-state index in [0.29, 0.717) is 38.5 Å². The van der Waals surface area contributed by atoms with Crippen LogP contribution in [0.25, 0.3) is 6.08 Å². The van der Waals surface area contributed by atoms with Crippen molar-refractivity contribution in [3.8, 4) is 0 Å². The fourth-order valence-electron chi connectivity index (χ4n) is 2.85. The standard InChI is InChI=1S/C22H31N3O5/c1-5-29-20(27)11-8-17-6-9-18(10-7-17)23-19(26)16-24-12-14-25(15-13-24)21(28)30-22(2,3)4/h6-11H,5,12-16H2,1-4H3,(H,23,26)/b11-8+. The molecule has 0 unspecified atom stereocenters.